The Kier molecular flexibility index (Phi) is 2.26. The Labute approximate surface area is 91.9 Å². The van der Waals surface area contributed by atoms with Crippen LogP contribution < -0.4 is 0 Å². The first-order valence-electron chi connectivity index (χ1n) is 3.61. The number of benzene rings is 1. The van der Waals surface area contributed by atoms with Crippen LogP contribution in [0, 0.1) is 0 Å². The summed E-state index contributed by atoms with van der Waals surface area (Å²) in [7, 11) is 0. The molecule has 1 N–H and O–H groups in total. The summed E-state index contributed by atoms with van der Waals surface area (Å²) in [4.78, 5) is 3.99. The fraction of sp³-hybridized carbons (Fsp3) is 0. The van der Waals surface area contributed by atoms with Crippen LogP contribution in [0.5, 0.6) is 5.75 Å². The molecule has 2 rings (SSSR count). The summed E-state index contributed by atoms with van der Waals surface area (Å²) in [6, 6.07) is 5.64. The summed E-state index contributed by atoms with van der Waals surface area (Å²) >= 11 is 6.68. The van der Waals surface area contributed by atoms with Crippen LogP contribution in [0.25, 0.3) is 10.8 Å². The fourth-order valence-electron chi connectivity index (χ4n) is 1.17. The van der Waals surface area contributed by atoms with Gasteiger partial charge in [0, 0.05) is 15.2 Å². The number of rotatable bonds is 0. The van der Waals surface area contributed by atoms with Crippen molar-refractivity contribution < 1.29 is 5.11 Å². The highest BCUT2D eigenvalue weighted by Crippen LogP contribution is 2.30. The molecule has 1 heterocycles. The lowest BCUT2D eigenvalue weighted by atomic mass is 10.2. The quantitative estimate of drug-likeness (QED) is 0.756. The van der Waals surface area contributed by atoms with Gasteiger partial charge in [0.2, 0.25) is 0 Å². The summed E-state index contributed by atoms with van der Waals surface area (Å²) in [5.41, 5.74) is 0. The first kappa shape index (κ1) is 8.97. The second-order valence-corrected chi connectivity index (χ2v) is 4.29. The summed E-state index contributed by atoms with van der Waals surface area (Å²) < 4.78 is 1.70. The number of aromatic nitrogens is 1. The molecular weight excluding hydrogens is 298 g/mol. The number of halogens is 2. The molecule has 0 aliphatic carbocycles. The third-order valence-corrected chi connectivity index (χ3v) is 2.91. The molecule has 0 atom stereocenters. The Morgan fingerprint density at radius 2 is 1.92 bits per heavy atom. The van der Waals surface area contributed by atoms with Gasteiger partial charge in [-0.1, -0.05) is 15.9 Å². The molecule has 0 aliphatic heterocycles. The molecule has 2 nitrogen and oxygen atoms in total. The van der Waals surface area contributed by atoms with Crippen molar-refractivity contribution in [1.82, 2.24) is 4.98 Å². The zero-order valence-electron chi connectivity index (χ0n) is 6.46. The molecule has 0 radical (unpaired) electrons. The average Bonchev–Trinajstić information content (AvgIpc) is 2.12. The van der Waals surface area contributed by atoms with Gasteiger partial charge in [-0.3, -0.25) is 0 Å². The van der Waals surface area contributed by atoms with Crippen LogP contribution in [0.15, 0.2) is 33.5 Å². The van der Waals surface area contributed by atoms with Gasteiger partial charge in [0.05, 0.1) is 6.20 Å². The van der Waals surface area contributed by atoms with Crippen LogP contribution in [-0.2, 0) is 0 Å². The number of fused-ring (bicyclic) bond motifs is 1. The minimum atomic E-state index is 0.200. The van der Waals surface area contributed by atoms with Crippen LogP contribution >= 0.6 is 31.9 Å². The third kappa shape index (κ3) is 1.56. The lowest BCUT2D eigenvalue weighted by Gasteiger charge is -2.02. The number of hydrogen-bond acceptors (Lipinski definition) is 2. The molecule has 2 aromatic rings. The van der Waals surface area contributed by atoms with Crippen LogP contribution in [0.2, 0.25) is 0 Å². The van der Waals surface area contributed by atoms with Gasteiger partial charge in [-0.2, -0.15) is 0 Å². The molecule has 0 aliphatic rings. The fourth-order valence-corrected chi connectivity index (χ4v) is 1.96. The van der Waals surface area contributed by atoms with Crippen molar-refractivity contribution in [2.24, 2.45) is 0 Å². The number of pyridine rings is 1. The summed E-state index contributed by atoms with van der Waals surface area (Å²) in [5, 5.41) is 11.2. The molecule has 0 amide bonds. The second-order valence-electron chi connectivity index (χ2n) is 2.62. The Balaban J connectivity index is 2.92. The predicted molar refractivity (Wildman–Crippen MR) is 58.8 cm³/mol. The van der Waals surface area contributed by atoms with Crippen molar-refractivity contribution in [3.05, 3.63) is 33.5 Å². The smallest absolute Gasteiger partial charge is 0.141 e. The van der Waals surface area contributed by atoms with Gasteiger partial charge < -0.3 is 5.11 Å². The zero-order chi connectivity index (χ0) is 9.42. The van der Waals surface area contributed by atoms with Crippen molar-refractivity contribution >= 4 is 42.6 Å². The Hall–Kier alpha value is -0.610. The van der Waals surface area contributed by atoms with E-state index in [-0.39, 0.29) is 5.75 Å². The van der Waals surface area contributed by atoms with Crippen molar-refractivity contribution in [2.75, 3.05) is 0 Å². The van der Waals surface area contributed by atoms with E-state index < -0.39 is 0 Å². The first-order chi connectivity index (χ1) is 6.18. The van der Waals surface area contributed by atoms with E-state index in [0.717, 1.165) is 19.8 Å². The molecule has 66 valence electrons. The van der Waals surface area contributed by atoms with E-state index in [1.807, 2.05) is 18.2 Å². The molecular formula is C9H5Br2NO. The monoisotopic (exact) mass is 301 g/mol. The Bertz CT molecular complexity index is 470. The van der Waals surface area contributed by atoms with E-state index >= 15 is 0 Å². The predicted octanol–water partition coefficient (Wildman–Crippen LogP) is 3.47. The third-order valence-electron chi connectivity index (χ3n) is 1.78. The maximum absolute atomic E-state index is 9.49. The molecule has 4 heteroatoms. The van der Waals surface area contributed by atoms with Crippen molar-refractivity contribution in [1.29, 1.82) is 0 Å². The molecule has 13 heavy (non-hydrogen) atoms. The number of hydrogen-bond donors (Lipinski definition) is 1. The number of nitrogens with zero attached hydrogens (tertiary/aromatic N) is 1. The molecule has 0 saturated heterocycles. The summed E-state index contributed by atoms with van der Waals surface area (Å²) in [6.07, 6.45) is 1.43. The second kappa shape index (κ2) is 3.27. The SMILES string of the molecule is Oc1cnc(Br)c2cc(Br)ccc12. The zero-order valence-corrected chi connectivity index (χ0v) is 9.63. The molecule has 0 fully saturated rings. The van der Waals surface area contributed by atoms with Crippen LogP contribution in [-0.4, -0.2) is 10.1 Å². The van der Waals surface area contributed by atoms with Crippen molar-refractivity contribution in [2.45, 2.75) is 0 Å². The maximum atomic E-state index is 9.49. The first-order valence-corrected chi connectivity index (χ1v) is 5.20. The molecule has 0 saturated carbocycles. The van der Waals surface area contributed by atoms with Gasteiger partial charge in [0.15, 0.2) is 0 Å². The molecule has 1 aromatic heterocycles. The van der Waals surface area contributed by atoms with Crippen molar-refractivity contribution in [3.8, 4) is 5.75 Å². The molecule has 0 spiro atoms. The summed E-state index contributed by atoms with van der Waals surface area (Å²) in [6.45, 7) is 0. The molecule has 0 bridgehead atoms. The summed E-state index contributed by atoms with van der Waals surface area (Å²) in [5.74, 6) is 0.200. The van der Waals surface area contributed by atoms with E-state index in [1.54, 1.807) is 0 Å². The standard InChI is InChI=1S/C9H5Br2NO/c10-5-1-2-6-7(3-5)9(11)12-4-8(6)13/h1-4,13H. The Morgan fingerprint density at radius 1 is 1.15 bits per heavy atom. The minimum Gasteiger partial charge on any atom is -0.506 e. The Morgan fingerprint density at radius 3 is 2.69 bits per heavy atom. The van der Waals surface area contributed by atoms with E-state index in [9.17, 15) is 5.11 Å². The number of aromatic hydroxyl groups is 1. The highest BCUT2D eigenvalue weighted by Gasteiger charge is 2.04. The van der Waals surface area contributed by atoms with Crippen molar-refractivity contribution in [3.63, 3.8) is 0 Å². The van der Waals surface area contributed by atoms with Crippen LogP contribution in [0.1, 0.15) is 0 Å². The largest absolute Gasteiger partial charge is 0.506 e. The van der Waals surface area contributed by atoms with E-state index in [0.29, 0.717) is 0 Å². The molecule has 1 aromatic carbocycles. The van der Waals surface area contributed by atoms with Gasteiger partial charge in [-0.15, -0.1) is 0 Å². The average molecular weight is 303 g/mol. The lowest BCUT2D eigenvalue weighted by molar-refractivity contribution is 0.479. The minimum absolute atomic E-state index is 0.200. The highest BCUT2D eigenvalue weighted by molar-refractivity contribution is 9.11. The molecule has 0 unspecified atom stereocenters. The van der Waals surface area contributed by atoms with Gasteiger partial charge in [-0.25, -0.2) is 4.98 Å². The van der Waals surface area contributed by atoms with Gasteiger partial charge in [0.1, 0.15) is 10.4 Å². The normalized spacial score (nSPS) is 10.6. The van der Waals surface area contributed by atoms with Crippen LogP contribution in [0.4, 0.5) is 0 Å². The van der Waals surface area contributed by atoms with Gasteiger partial charge >= 0.3 is 0 Å². The lowest BCUT2D eigenvalue weighted by Crippen LogP contribution is -1.80. The van der Waals surface area contributed by atoms with E-state index in [1.165, 1.54) is 6.20 Å². The van der Waals surface area contributed by atoms with Crippen LogP contribution in [0.3, 0.4) is 0 Å². The highest BCUT2D eigenvalue weighted by atomic mass is 79.9. The van der Waals surface area contributed by atoms with E-state index in [4.69, 9.17) is 0 Å². The van der Waals surface area contributed by atoms with E-state index in [2.05, 4.69) is 36.8 Å². The van der Waals surface area contributed by atoms with Gasteiger partial charge in [0.25, 0.3) is 0 Å². The topological polar surface area (TPSA) is 33.1 Å². The van der Waals surface area contributed by atoms with Gasteiger partial charge in [-0.05, 0) is 34.1 Å². The maximum Gasteiger partial charge on any atom is 0.141 e.